The van der Waals surface area contributed by atoms with Crippen molar-refractivity contribution in [2.24, 2.45) is 0 Å². The number of unbranched alkanes of at least 4 members (excludes halogenated alkanes) is 9. The standard InChI is InChI=1S/C17H31BrN2O4S2/c1-2-3-4-5-6-7-8-9-10-11-15-26(23,24)19-13-12-14-25-17(19)16(18)20(21)22/h2-15H2,1H3. The molecule has 0 aromatic heterocycles. The molecule has 26 heavy (non-hydrogen) atoms. The highest BCUT2D eigenvalue weighted by molar-refractivity contribution is 9.11. The first-order valence-electron chi connectivity index (χ1n) is 9.57. The van der Waals surface area contributed by atoms with Crippen molar-refractivity contribution in [3.05, 3.63) is 19.7 Å². The average Bonchev–Trinajstić information content (AvgIpc) is 2.62. The number of nitro groups is 1. The lowest BCUT2D eigenvalue weighted by atomic mass is 10.1. The molecule has 6 nitrogen and oxygen atoms in total. The molecule has 0 bridgehead atoms. The van der Waals surface area contributed by atoms with Gasteiger partial charge in [0.05, 0.1) is 10.7 Å². The van der Waals surface area contributed by atoms with Crippen LogP contribution in [0.3, 0.4) is 0 Å². The van der Waals surface area contributed by atoms with Gasteiger partial charge in [-0.15, -0.1) is 0 Å². The first kappa shape index (κ1) is 23.8. The summed E-state index contributed by atoms with van der Waals surface area (Å²) in [6.45, 7) is 2.54. The highest BCUT2D eigenvalue weighted by Crippen LogP contribution is 2.34. The van der Waals surface area contributed by atoms with Crippen LogP contribution >= 0.6 is 27.7 Å². The van der Waals surface area contributed by atoms with Crippen LogP contribution in [0, 0.1) is 10.1 Å². The van der Waals surface area contributed by atoms with E-state index in [9.17, 15) is 18.5 Å². The Labute approximate surface area is 170 Å². The van der Waals surface area contributed by atoms with E-state index in [0.29, 0.717) is 25.1 Å². The maximum Gasteiger partial charge on any atom is 0.341 e. The summed E-state index contributed by atoms with van der Waals surface area (Å²) in [5, 5.41) is 11.2. The summed E-state index contributed by atoms with van der Waals surface area (Å²) in [5.41, 5.74) is 0. The van der Waals surface area contributed by atoms with Gasteiger partial charge in [0.1, 0.15) is 0 Å². The summed E-state index contributed by atoms with van der Waals surface area (Å²) in [6, 6.07) is 0. The number of hydrogen-bond acceptors (Lipinski definition) is 5. The third kappa shape index (κ3) is 8.61. The second-order valence-electron chi connectivity index (χ2n) is 6.63. The minimum atomic E-state index is -3.50. The van der Waals surface area contributed by atoms with Gasteiger partial charge in [-0.3, -0.25) is 14.4 Å². The predicted octanol–water partition coefficient (Wildman–Crippen LogP) is 5.47. The Morgan fingerprint density at radius 2 is 1.65 bits per heavy atom. The lowest BCUT2D eigenvalue weighted by Crippen LogP contribution is -2.36. The van der Waals surface area contributed by atoms with Crippen LogP contribution in [-0.4, -0.2) is 35.7 Å². The molecule has 0 N–H and O–H groups in total. The van der Waals surface area contributed by atoms with Crippen molar-refractivity contribution >= 4 is 37.7 Å². The fraction of sp³-hybridized carbons (Fsp3) is 0.882. The maximum atomic E-state index is 12.6. The summed E-state index contributed by atoms with van der Waals surface area (Å²) in [7, 11) is -3.50. The van der Waals surface area contributed by atoms with Crippen molar-refractivity contribution in [2.45, 2.75) is 77.6 Å². The SMILES string of the molecule is CCCCCCCCCCCCS(=O)(=O)N1CCCSC1=C(Br)[N+](=O)[O-]. The Morgan fingerprint density at radius 3 is 2.19 bits per heavy atom. The topological polar surface area (TPSA) is 80.5 Å². The van der Waals surface area contributed by atoms with Crippen LogP contribution in [-0.2, 0) is 10.0 Å². The zero-order chi connectivity index (χ0) is 19.4. The molecule has 0 radical (unpaired) electrons. The van der Waals surface area contributed by atoms with Gasteiger partial charge in [-0.05, 0) is 12.8 Å². The molecule has 152 valence electrons. The number of halogens is 1. The molecule has 0 spiro atoms. The van der Waals surface area contributed by atoms with Gasteiger partial charge in [0.15, 0.2) is 5.03 Å². The number of nitrogens with zero attached hydrogens (tertiary/aromatic N) is 2. The number of hydrogen-bond donors (Lipinski definition) is 0. The van der Waals surface area contributed by atoms with Gasteiger partial charge in [0.2, 0.25) is 10.0 Å². The third-order valence-electron chi connectivity index (χ3n) is 4.40. The predicted molar refractivity (Wildman–Crippen MR) is 112 cm³/mol. The van der Waals surface area contributed by atoms with E-state index in [1.165, 1.54) is 54.6 Å². The van der Waals surface area contributed by atoms with E-state index >= 15 is 0 Å². The van der Waals surface area contributed by atoms with Gasteiger partial charge >= 0.3 is 4.61 Å². The summed E-state index contributed by atoms with van der Waals surface area (Å²) >= 11 is 4.15. The van der Waals surface area contributed by atoms with Crippen LogP contribution in [0.4, 0.5) is 0 Å². The number of rotatable bonds is 13. The lowest BCUT2D eigenvalue weighted by molar-refractivity contribution is -0.410. The van der Waals surface area contributed by atoms with Crippen molar-refractivity contribution < 1.29 is 13.3 Å². The molecule has 0 atom stereocenters. The Hall–Kier alpha value is -0.280. The van der Waals surface area contributed by atoms with Crippen LogP contribution in [0.5, 0.6) is 0 Å². The molecule has 1 heterocycles. The minimum Gasteiger partial charge on any atom is -0.258 e. The second kappa shape index (κ2) is 13.0. The van der Waals surface area contributed by atoms with Gasteiger partial charge in [0, 0.05) is 28.2 Å². The highest BCUT2D eigenvalue weighted by Gasteiger charge is 2.32. The van der Waals surface area contributed by atoms with Crippen molar-refractivity contribution in [2.75, 3.05) is 18.1 Å². The minimum absolute atomic E-state index is 0.0611. The Morgan fingerprint density at radius 1 is 1.12 bits per heavy atom. The van der Waals surface area contributed by atoms with Crippen LogP contribution < -0.4 is 0 Å². The fourth-order valence-electron chi connectivity index (χ4n) is 2.94. The fourth-order valence-corrected chi connectivity index (χ4v) is 6.54. The lowest BCUT2D eigenvalue weighted by Gasteiger charge is -2.29. The molecule has 0 aromatic rings. The summed E-state index contributed by atoms with van der Waals surface area (Å²) in [4.78, 5) is 10.4. The molecule has 0 aromatic carbocycles. The zero-order valence-corrected chi connectivity index (χ0v) is 18.8. The highest BCUT2D eigenvalue weighted by atomic mass is 79.9. The summed E-state index contributed by atoms with van der Waals surface area (Å²) < 4.78 is 26.2. The van der Waals surface area contributed by atoms with Crippen molar-refractivity contribution in [3.8, 4) is 0 Å². The van der Waals surface area contributed by atoms with E-state index in [0.717, 1.165) is 19.3 Å². The monoisotopic (exact) mass is 470 g/mol. The maximum absolute atomic E-state index is 12.6. The zero-order valence-electron chi connectivity index (χ0n) is 15.6. The molecular formula is C17H31BrN2O4S2. The van der Waals surface area contributed by atoms with Gasteiger partial charge in [-0.2, -0.15) is 0 Å². The van der Waals surface area contributed by atoms with Crippen molar-refractivity contribution in [1.82, 2.24) is 4.31 Å². The quantitative estimate of drug-likeness (QED) is 0.154. The molecule has 1 rings (SSSR count). The van der Waals surface area contributed by atoms with Crippen LogP contribution in [0.1, 0.15) is 77.6 Å². The van der Waals surface area contributed by atoms with Crippen LogP contribution in [0.2, 0.25) is 0 Å². The van der Waals surface area contributed by atoms with Gasteiger partial charge in [-0.1, -0.05) is 76.5 Å². The average molecular weight is 471 g/mol. The number of sulfonamides is 1. The molecule has 9 heteroatoms. The molecule has 0 aliphatic carbocycles. The second-order valence-corrected chi connectivity index (χ2v) is 10.5. The molecule has 0 saturated carbocycles. The summed E-state index contributed by atoms with van der Waals surface area (Å²) in [6.07, 6.45) is 12.1. The Bertz CT molecular complexity index is 567. The molecule has 1 aliphatic heterocycles. The molecule has 1 fully saturated rings. The molecular weight excluding hydrogens is 440 g/mol. The number of thioether (sulfide) groups is 1. The van der Waals surface area contributed by atoms with Crippen LogP contribution in [0.25, 0.3) is 0 Å². The third-order valence-corrected chi connectivity index (χ3v) is 8.46. The van der Waals surface area contributed by atoms with E-state index in [2.05, 4.69) is 22.9 Å². The van der Waals surface area contributed by atoms with E-state index in [1.54, 1.807) is 0 Å². The summed E-state index contributed by atoms with van der Waals surface area (Å²) in [5.74, 6) is 0.758. The first-order chi connectivity index (χ1) is 12.4. The molecule has 1 aliphatic rings. The van der Waals surface area contributed by atoms with Crippen molar-refractivity contribution in [1.29, 1.82) is 0 Å². The first-order valence-corrected chi connectivity index (χ1v) is 13.0. The largest absolute Gasteiger partial charge is 0.341 e. The van der Waals surface area contributed by atoms with Gasteiger partial charge in [-0.25, -0.2) is 8.42 Å². The van der Waals surface area contributed by atoms with E-state index in [1.807, 2.05) is 0 Å². The van der Waals surface area contributed by atoms with E-state index in [-0.39, 0.29) is 15.4 Å². The Balaban J connectivity index is 2.34. The van der Waals surface area contributed by atoms with E-state index in [4.69, 9.17) is 0 Å². The normalized spacial score (nSPS) is 17.4. The van der Waals surface area contributed by atoms with Crippen molar-refractivity contribution in [3.63, 3.8) is 0 Å². The smallest absolute Gasteiger partial charge is 0.258 e. The molecule has 0 amide bonds. The van der Waals surface area contributed by atoms with Crippen LogP contribution in [0.15, 0.2) is 9.64 Å². The molecule has 0 unspecified atom stereocenters. The van der Waals surface area contributed by atoms with Gasteiger partial charge in [0.25, 0.3) is 0 Å². The van der Waals surface area contributed by atoms with E-state index < -0.39 is 14.9 Å². The molecule has 1 saturated heterocycles. The Kier molecular flexibility index (Phi) is 11.9. The van der Waals surface area contributed by atoms with Gasteiger partial charge < -0.3 is 0 Å².